The largest absolute Gasteiger partial charge is 0.361 e. The molecule has 0 amide bonds. The van der Waals surface area contributed by atoms with Crippen LogP contribution in [0.15, 0.2) is 11.4 Å². The number of hydrogen-bond donors (Lipinski definition) is 1. The highest BCUT2D eigenvalue weighted by Crippen LogP contribution is 2.12. The first-order chi connectivity index (χ1) is 6.49. The van der Waals surface area contributed by atoms with E-state index in [2.05, 4.69) is 11.6 Å². The number of hydrogen-bond acceptors (Lipinski definition) is 2. The summed E-state index contributed by atoms with van der Waals surface area (Å²) in [5.41, 5.74) is 2.50. The van der Waals surface area contributed by atoms with E-state index in [1.807, 2.05) is 0 Å². The van der Waals surface area contributed by atoms with Crippen molar-refractivity contribution in [1.82, 2.24) is 4.98 Å². The number of aryl methyl sites for hydroxylation is 2. The minimum Gasteiger partial charge on any atom is -0.361 e. The number of allylic oxidation sites excluding steroid dienone is 1. The van der Waals surface area contributed by atoms with E-state index < -0.39 is 0 Å². The fourth-order valence-corrected chi connectivity index (χ4v) is 1.54. The Labute approximate surface area is 82.5 Å². The molecule has 0 unspecified atom stereocenters. The van der Waals surface area contributed by atoms with E-state index in [4.69, 9.17) is 0 Å². The molecule has 1 aromatic heterocycles. The van der Waals surface area contributed by atoms with Gasteiger partial charge in [0, 0.05) is 17.0 Å². The summed E-state index contributed by atoms with van der Waals surface area (Å²) >= 11 is 0. The zero-order chi connectivity index (χ0) is 10.9. The van der Waals surface area contributed by atoms with Gasteiger partial charge < -0.3 is 4.98 Å². The molecule has 1 N–H and O–H groups in total. The molecule has 1 heterocycles. The Morgan fingerprint density at radius 1 is 1.36 bits per heavy atom. The Bertz CT molecular complexity index is 455. The fourth-order valence-electron chi connectivity index (χ4n) is 1.54. The standard InChI is InChI=1S/C11H13NO2/c1-6(2)10-8(4)12-7(3)9(5-13)11(10)14/h5H,1H2,2-4H3,(H,12,14). The average molecular weight is 191 g/mol. The molecule has 0 saturated carbocycles. The second kappa shape index (κ2) is 3.62. The summed E-state index contributed by atoms with van der Waals surface area (Å²) in [6.45, 7) is 8.97. The SMILES string of the molecule is C=C(C)c1c(C)[nH]c(C)c(C=O)c1=O. The van der Waals surface area contributed by atoms with Crippen LogP contribution in [0.4, 0.5) is 0 Å². The number of aromatic amines is 1. The van der Waals surface area contributed by atoms with Crippen LogP contribution in [0.1, 0.15) is 34.2 Å². The van der Waals surface area contributed by atoms with Gasteiger partial charge in [-0.15, -0.1) is 0 Å². The minimum absolute atomic E-state index is 0.189. The lowest BCUT2D eigenvalue weighted by Gasteiger charge is -2.07. The molecular formula is C11H13NO2. The topological polar surface area (TPSA) is 49.9 Å². The zero-order valence-corrected chi connectivity index (χ0v) is 8.60. The summed E-state index contributed by atoms with van der Waals surface area (Å²) < 4.78 is 0. The molecule has 0 bridgehead atoms. The molecule has 0 spiro atoms. The molecule has 1 rings (SSSR count). The maximum atomic E-state index is 11.8. The van der Waals surface area contributed by atoms with Crippen molar-refractivity contribution < 1.29 is 4.79 Å². The third-order valence-corrected chi connectivity index (χ3v) is 2.17. The van der Waals surface area contributed by atoms with Crippen molar-refractivity contribution in [1.29, 1.82) is 0 Å². The van der Waals surface area contributed by atoms with Crippen LogP contribution in [0, 0.1) is 13.8 Å². The summed E-state index contributed by atoms with van der Waals surface area (Å²) in [4.78, 5) is 25.4. The Morgan fingerprint density at radius 2 is 1.93 bits per heavy atom. The van der Waals surface area contributed by atoms with Crippen LogP contribution in [0.3, 0.4) is 0 Å². The summed E-state index contributed by atoms with van der Waals surface area (Å²) in [7, 11) is 0. The number of nitrogens with one attached hydrogen (secondary N) is 1. The second-order valence-corrected chi connectivity index (χ2v) is 3.39. The average Bonchev–Trinajstić information content (AvgIpc) is 2.02. The van der Waals surface area contributed by atoms with Crippen molar-refractivity contribution in [2.45, 2.75) is 20.8 Å². The van der Waals surface area contributed by atoms with Gasteiger partial charge in [-0.25, -0.2) is 0 Å². The summed E-state index contributed by atoms with van der Waals surface area (Å²) in [6, 6.07) is 0. The van der Waals surface area contributed by atoms with Gasteiger partial charge in [0.15, 0.2) is 11.7 Å². The van der Waals surface area contributed by atoms with E-state index >= 15 is 0 Å². The minimum atomic E-state index is -0.235. The monoisotopic (exact) mass is 191 g/mol. The van der Waals surface area contributed by atoms with Crippen molar-refractivity contribution in [3.05, 3.63) is 39.3 Å². The summed E-state index contributed by atoms with van der Waals surface area (Å²) in [6.07, 6.45) is 0.583. The number of carbonyl (C=O) groups is 1. The third-order valence-electron chi connectivity index (χ3n) is 2.17. The lowest BCUT2D eigenvalue weighted by Crippen LogP contribution is -2.18. The molecule has 0 atom stereocenters. The quantitative estimate of drug-likeness (QED) is 0.725. The number of carbonyl (C=O) groups excluding carboxylic acids is 1. The highest BCUT2D eigenvalue weighted by Gasteiger charge is 2.11. The molecule has 0 radical (unpaired) electrons. The molecule has 3 heteroatoms. The van der Waals surface area contributed by atoms with E-state index in [1.54, 1.807) is 20.8 Å². The molecule has 74 valence electrons. The maximum absolute atomic E-state index is 11.8. The fraction of sp³-hybridized carbons (Fsp3) is 0.273. The van der Waals surface area contributed by atoms with Crippen LogP contribution < -0.4 is 5.43 Å². The first-order valence-electron chi connectivity index (χ1n) is 4.33. The van der Waals surface area contributed by atoms with Crippen LogP contribution in [0.2, 0.25) is 0 Å². The highest BCUT2D eigenvalue weighted by molar-refractivity contribution is 5.79. The van der Waals surface area contributed by atoms with Gasteiger partial charge in [0.25, 0.3) is 0 Å². The summed E-state index contributed by atoms with van der Waals surface area (Å²) in [5.74, 6) is 0. The highest BCUT2D eigenvalue weighted by atomic mass is 16.1. The van der Waals surface area contributed by atoms with Crippen LogP contribution in [0.25, 0.3) is 5.57 Å². The molecule has 0 aliphatic carbocycles. The molecule has 0 aromatic carbocycles. The first-order valence-corrected chi connectivity index (χ1v) is 4.33. The van der Waals surface area contributed by atoms with Crippen molar-refractivity contribution in [2.24, 2.45) is 0 Å². The van der Waals surface area contributed by atoms with Crippen LogP contribution in [-0.4, -0.2) is 11.3 Å². The Morgan fingerprint density at radius 3 is 2.36 bits per heavy atom. The van der Waals surface area contributed by atoms with Gasteiger partial charge in [0.05, 0.1) is 5.56 Å². The predicted octanol–water partition coefficient (Wildman–Crippen LogP) is 1.84. The Kier molecular flexibility index (Phi) is 2.70. The van der Waals surface area contributed by atoms with E-state index in [-0.39, 0.29) is 11.0 Å². The number of aldehydes is 1. The molecule has 0 aliphatic rings. The van der Waals surface area contributed by atoms with Gasteiger partial charge in [-0.1, -0.05) is 6.58 Å². The Hall–Kier alpha value is -1.64. The van der Waals surface area contributed by atoms with Crippen LogP contribution in [0.5, 0.6) is 0 Å². The van der Waals surface area contributed by atoms with Gasteiger partial charge in [0.2, 0.25) is 0 Å². The number of H-pyrrole nitrogens is 1. The first kappa shape index (κ1) is 10.4. The van der Waals surface area contributed by atoms with E-state index in [9.17, 15) is 9.59 Å². The van der Waals surface area contributed by atoms with Gasteiger partial charge in [0.1, 0.15) is 0 Å². The van der Waals surface area contributed by atoms with Gasteiger partial charge >= 0.3 is 0 Å². The normalized spacial score (nSPS) is 9.93. The van der Waals surface area contributed by atoms with Gasteiger partial charge in [-0.2, -0.15) is 0 Å². The molecule has 14 heavy (non-hydrogen) atoms. The van der Waals surface area contributed by atoms with Crippen LogP contribution in [-0.2, 0) is 0 Å². The molecule has 1 aromatic rings. The predicted molar refractivity (Wildman–Crippen MR) is 56.6 cm³/mol. The molecule has 0 aliphatic heterocycles. The van der Waals surface area contributed by atoms with Gasteiger partial charge in [-0.3, -0.25) is 9.59 Å². The lowest BCUT2D eigenvalue weighted by molar-refractivity contribution is 0.112. The molecular weight excluding hydrogens is 178 g/mol. The van der Waals surface area contributed by atoms with Crippen molar-refractivity contribution in [3.8, 4) is 0 Å². The van der Waals surface area contributed by atoms with Crippen molar-refractivity contribution in [3.63, 3.8) is 0 Å². The zero-order valence-electron chi connectivity index (χ0n) is 8.60. The van der Waals surface area contributed by atoms with E-state index in [0.29, 0.717) is 23.1 Å². The van der Waals surface area contributed by atoms with E-state index in [1.165, 1.54) is 0 Å². The Balaban J connectivity index is 3.69. The molecule has 0 saturated heterocycles. The number of rotatable bonds is 2. The number of pyridine rings is 1. The van der Waals surface area contributed by atoms with Crippen molar-refractivity contribution >= 4 is 11.9 Å². The smallest absolute Gasteiger partial charge is 0.200 e. The molecule has 0 fully saturated rings. The second-order valence-electron chi connectivity index (χ2n) is 3.39. The third kappa shape index (κ3) is 1.53. The lowest BCUT2D eigenvalue weighted by atomic mass is 10.0. The van der Waals surface area contributed by atoms with Crippen LogP contribution >= 0.6 is 0 Å². The molecule has 3 nitrogen and oxygen atoms in total. The van der Waals surface area contributed by atoms with E-state index in [0.717, 1.165) is 5.69 Å². The van der Waals surface area contributed by atoms with Gasteiger partial charge in [-0.05, 0) is 26.3 Å². The number of aromatic nitrogens is 1. The summed E-state index contributed by atoms with van der Waals surface area (Å²) in [5, 5.41) is 0. The maximum Gasteiger partial charge on any atom is 0.200 e. The van der Waals surface area contributed by atoms with Crippen molar-refractivity contribution in [2.75, 3.05) is 0 Å².